The van der Waals surface area contributed by atoms with E-state index in [9.17, 15) is 8.78 Å². The van der Waals surface area contributed by atoms with Gasteiger partial charge in [0.05, 0.1) is 0 Å². The van der Waals surface area contributed by atoms with Gasteiger partial charge in [-0.05, 0) is 60.5 Å². The summed E-state index contributed by atoms with van der Waals surface area (Å²) < 4.78 is 27.6. The standard InChI is InChI=1S/C18H26F2/c1-3-12-9-16(13-4-5-13)17(8-11(12)2)15-7-6-14(19)10-18(15)20/h7-8,11-14,16,18H,3-6,9-10H2,1-2H3/t11-,12?,14?,16+,18?/m0/s1. The predicted octanol–water partition coefficient (Wildman–Crippen LogP) is 5.40. The number of hydrogen-bond acceptors (Lipinski definition) is 0. The van der Waals surface area contributed by atoms with Gasteiger partial charge in [0.2, 0.25) is 0 Å². The fourth-order valence-electron chi connectivity index (χ4n) is 4.13. The maximum absolute atomic E-state index is 14.3. The maximum Gasteiger partial charge on any atom is 0.128 e. The van der Waals surface area contributed by atoms with Crippen molar-refractivity contribution in [2.24, 2.45) is 23.7 Å². The highest BCUT2D eigenvalue weighted by atomic mass is 19.1. The SMILES string of the molecule is CCC1C[C@H](C2CC2)C(C2=CCC(F)CC2F)=C[C@@H]1C. The van der Waals surface area contributed by atoms with Crippen LogP contribution in [0.5, 0.6) is 0 Å². The Morgan fingerprint density at radius 1 is 1.15 bits per heavy atom. The molecular formula is C18H26F2. The van der Waals surface area contributed by atoms with Crippen molar-refractivity contribution in [1.29, 1.82) is 0 Å². The summed E-state index contributed by atoms with van der Waals surface area (Å²) in [5, 5.41) is 0. The first kappa shape index (κ1) is 14.3. The summed E-state index contributed by atoms with van der Waals surface area (Å²) in [4.78, 5) is 0. The van der Waals surface area contributed by atoms with Crippen molar-refractivity contribution >= 4 is 0 Å². The average Bonchev–Trinajstić information content (AvgIpc) is 3.23. The summed E-state index contributed by atoms with van der Waals surface area (Å²) in [7, 11) is 0. The topological polar surface area (TPSA) is 0 Å². The molecule has 0 aromatic rings. The molecule has 0 radical (unpaired) electrons. The van der Waals surface area contributed by atoms with Crippen molar-refractivity contribution in [1.82, 2.24) is 0 Å². The second-order valence-electron chi connectivity index (χ2n) is 7.02. The van der Waals surface area contributed by atoms with Crippen LogP contribution in [0.4, 0.5) is 8.78 Å². The first-order valence-corrected chi connectivity index (χ1v) is 8.30. The lowest BCUT2D eigenvalue weighted by molar-refractivity contribution is 0.223. The third-order valence-electron chi connectivity index (χ3n) is 5.58. The number of allylic oxidation sites excluding steroid dienone is 4. The van der Waals surface area contributed by atoms with Crippen molar-refractivity contribution in [2.75, 3.05) is 0 Å². The van der Waals surface area contributed by atoms with E-state index in [0.717, 1.165) is 17.4 Å². The smallest absolute Gasteiger partial charge is 0.128 e. The van der Waals surface area contributed by atoms with Gasteiger partial charge in [0.1, 0.15) is 12.3 Å². The molecule has 3 unspecified atom stereocenters. The molecule has 0 spiro atoms. The lowest BCUT2D eigenvalue weighted by Gasteiger charge is -2.36. The van der Waals surface area contributed by atoms with Crippen molar-refractivity contribution in [2.45, 2.75) is 64.7 Å². The second-order valence-corrected chi connectivity index (χ2v) is 7.02. The van der Waals surface area contributed by atoms with E-state index in [1.807, 2.05) is 6.08 Å². The van der Waals surface area contributed by atoms with Crippen molar-refractivity contribution in [3.05, 3.63) is 23.3 Å². The third kappa shape index (κ3) is 2.71. The Morgan fingerprint density at radius 3 is 2.50 bits per heavy atom. The van der Waals surface area contributed by atoms with Gasteiger partial charge in [-0.15, -0.1) is 0 Å². The molecule has 0 bridgehead atoms. The van der Waals surface area contributed by atoms with E-state index in [1.54, 1.807) is 0 Å². The molecular weight excluding hydrogens is 254 g/mol. The highest BCUT2D eigenvalue weighted by Gasteiger charge is 2.41. The molecule has 3 rings (SSSR count). The van der Waals surface area contributed by atoms with Crippen LogP contribution >= 0.6 is 0 Å². The number of alkyl halides is 2. The van der Waals surface area contributed by atoms with E-state index in [4.69, 9.17) is 0 Å². The molecule has 5 atom stereocenters. The molecule has 3 aliphatic carbocycles. The Balaban J connectivity index is 1.88. The van der Waals surface area contributed by atoms with Gasteiger partial charge in [-0.1, -0.05) is 32.4 Å². The summed E-state index contributed by atoms with van der Waals surface area (Å²) in [5.74, 6) is 2.57. The Hall–Kier alpha value is -0.660. The molecule has 0 aliphatic heterocycles. The largest absolute Gasteiger partial charge is 0.247 e. The molecule has 0 nitrogen and oxygen atoms in total. The molecule has 0 heterocycles. The van der Waals surface area contributed by atoms with Gasteiger partial charge in [-0.2, -0.15) is 0 Å². The fraction of sp³-hybridized carbons (Fsp3) is 0.778. The molecule has 0 N–H and O–H groups in total. The number of hydrogen-bond donors (Lipinski definition) is 0. The lowest BCUT2D eigenvalue weighted by Crippen LogP contribution is -2.28. The van der Waals surface area contributed by atoms with Gasteiger partial charge in [0, 0.05) is 6.42 Å². The molecule has 112 valence electrons. The van der Waals surface area contributed by atoms with Gasteiger partial charge in [-0.25, -0.2) is 8.78 Å². The van der Waals surface area contributed by atoms with E-state index in [0.29, 0.717) is 18.3 Å². The average molecular weight is 280 g/mol. The minimum Gasteiger partial charge on any atom is -0.247 e. The normalized spacial score (nSPS) is 42.1. The van der Waals surface area contributed by atoms with Gasteiger partial charge >= 0.3 is 0 Å². The van der Waals surface area contributed by atoms with Crippen LogP contribution in [0.25, 0.3) is 0 Å². The van der Waals surface area contributed by atoms with Crippen LogP contribution in [-0.4, -0.2) is 12.3 Å². The van der Waals surface area contributed by atoms with Crippen LogP contribution in [0, 0.1) is 23.7 Å². The van der Waals surface area contributed by atoms with Crippen molar-refractivity contribution in [3.63, 3.8) is 0 Å². The predicted molar refractivity (Wildman–Crippen MR) is 79.0 cm³/mol. The molecule has 0 aromatic carbocycles. The van der Waals surface area contributed by atoms with Crippen molar-refractivity contribution < 1.29 is 8.78 Å². The summed E-state index contributed by atoms with van der Waals surface area (Å²) in [6.45, 7) is 4.52. The maximum atomic E-state index is 14.3. The van der Waals surface area contributed by atoms with Crippen LogP contribution in [0.2, 0.25) is 0 Å². The molecule has 3 aliphatic rings. The van der Waals surface area contributed by atoms with Crippen molar-refractivity contribution in [3.8, 4) is 0 Å². The van der Waals surface area contributed by atoms with E-state index in [-0.39, 0.29) is 6.42 Å². The minimum atomic E-state index is -1.09. The minimum absolute atomic E-state index is 0.0617. The van der Waals surface area contributed by atoms with Crippen LogP contribution < -0.4 is 0 Å². The summed E-state index contributed by atoms with van der Waals surface area (Å²) >= 11 is 0. The number of halogens is 2. The number of rotatable bonds is 3. The molecule has 1 fully saturated rings. The molecule has 2 heteroatoms. The van der Waals surface area contributed by atoms with E-state index >= 15 is 0 Å². The third-order valence-corrected chi connectivity index (χ3v) is 5.58. The quantitative estimate of drug-likeness (QED) is 0.649. The monoisotopic (exact) mass is 280 g/mol. The first-order valence-electron chi connectivity index (χ1n) is 8.30. The highest BCUT2D eigenvalue weighted by Crippen LogP contribution is 2.51. The zero-order valence-electron chi connectivity index (χ0n) is 12.6. The highest BCUT2D eigenvalue weighted by molar-refractivity contribution is 5.40. The van der Waals surface area contributed by atoms with Crippen LogP contribution in [0.1, 0.15) is 52.4 Å². The Bertz CT molecular complexity index is 419. The first-order chi connectivity index (χ1) is 9.60. The van der Waals surface area contributed by atoms with E-state index in [1.165, 1.54) is 31.3 Å². The molecule has 0 aromatic heterocycles. The fourth-order valence-corrected chi connectivity index (χ4v) is 4.13. The van der Waals surface area contributed by atoms with Gasteiger partial charge < -0.3 is 0 Å². The zero-order valence-corrected chi connectivity index (χ0v) is 12.6. The van der Waals surface area contributed by atoms with Gasteiger partial charge in [0.25, 0.3) is 0 Å². The Kier molecular flexibility index (Phi) is 4.01. The van der Waals surface area contributed by atoms with Crippen LogP contribution in [0.3, 0.4) is 0 Å². The Morgan fingerprint density at radius 2 is 1.90 bits per heavy atom. The zero-order chi connectivity index (χ0) is 14.3. The summed E-state index contributed by atoms with van der Waals surface area (Å²) in [6, 6.07) is 0. The van der Waals surface area contributed by atoms with Crippen LogP contribution in [0.15, 0.2) is 23.3 Å². The Labute approximate surface area is 121 Å². The van der Waals surface area contributed by atoms with Gasteiger partial charge in [-0.3, -0.25) is 0 Å². The van der Waals surface area contributed by atoms with E-state index in [2.05, 4.69) is 19.9 Å². The molecule has 20 heavy (non-hydrogen) atoms. The molecule has 0 saturated heterocycles. The second kappa shape index (κ2) is 5.61. The van der Waals surface area contributed by atoms with Crippen LogP contribution in [-0.2, 0) is 0 Å². The lowest BCUT2D eigenvalue weighted by atomic mass is 9.69. The molecule has 1 saturated carbocycles. The van der Waals surface area contributed by atoms with Gasteiger partial charge in [0.15, 0.2) is 0 Å². The summed E-state index contributed by atoms with van der Waals surface area (Å²) in [5.41, 5.74) is 2.07. The molecule has 0 amide bonds. The summed E-state index contributed by atoms with van der Waals surface area (Å²) in [6.07, 6.45) is 7.55. The van der Waals surface area contributed by atoms with E-state index < -0.39 is 12.3 Å².